The number of nitrogens with one attached hydrogen (secondary N) is 1. The number of anilines is 1. The van der Waals surface area contributed by atoms with E-state index in [-0.39, 0.29) is 12.6 Å². The minimum Gasteiger partial charge on any atom is -0.379 e. The summed E-state index contributed by atoms with van der Waals surface area (Å²) in [5.74, 6) is 0. The molecule has 0 bridgehead atoms. The number of sulfonamides is 1. The van der Waals surface area contributed by atoms with Crippen LogP contribution in [0.2, 0.25) is 0 Å². The summed E-state index contributed by atoms with van der Waals surface area (Å²) in [5.41, 5.74) is 0. The van der Waals surface area contributed by atoms with Gasteiger partial charge in [-0.15, -0.1) is 10.2 Å². The first-order valence-corrected chi connectivity index (χ1v) is 10.8. The predicted octanol–water partition coefficient (Wildman–Crippen LogP) is 0.759. The van der Waals surface area contributed by atoms with E-state index < -0.39 is 15.3 Å². The Hall–Kier alpha value is -1.30. The number of piperidine rings is 1. The number of carbonyl (C=O) groups is 1. The van der Waals surface area contributed by atoms with Gasteiger partial charge >= 0.3 is 6.03 Å². The molecule has 0 aliphatic carbocycles. The summed E-state index contributed by atoms with van der Waals surface area (Å²) in [6, 6.07) is -0.319. The molecule has 0 spiro atoms. The second-order valence-corrected chi connectivity index (χ2v) is 9.33. The van der Waals surface area contributed by atoms with E-state index in [2.05, 4.69) is 15.5 Å². The Morgan fingerprint density at radius 1 is 1.32 bits per heavy atom. The van der Waals surface area contributed by atoms with Crippen molar-refractivity contribution in [1.82, 2.24) is 19.4 Å². The van der Waals surface area contributed by atoms with E-state index in [9.17, 15) is 13.2 Å². The zero-order valence-electron chi connectivity index (χ0n) is 14.2. The molecule has 2 saturated heterocycles. The topological polar surface area (TPSA) is 105 Å². The van der Waals surface area contributed by atoms with Crippen molar-refractivity contribution in [2.45, 2.75) is 31.4 Å². The Bertz CT molecular complexity index is 702. The number of hydrogen-bond donors (Lipinski definition) is 1. The Balaban J connectivity index is 1.62. The number of hydrogen-bond acceptors (Lipinski definition) is 7. The average Bonchev–Trinajstić information content (AvgIpc) is 3.10. The summed E-state index contributed by atoms with van der Waals surface area (Å²) in [7, 11) is -3.42. The highest BCUT2D eigenvalue weighted by atomic mass is 32.2. The SMILES string of the molecule is CCc1nnc(NC(=O)N2CCCC(S(=O)(=O)N3CCOCC3)C2)s1. The van der Waals surface area contributed by atoms with Crippen molar-refractivity contribution in [2.75, 3.05) is 44.7 Å². The van der Waals surface area contributed by atoms with Crippen LogP contribution in [0.5, 0.6) is 0 Å². The molecule has 1 aromatic heterocycles. The Labute approximate surface area is 151 Å². The van der Waals surface area contributed by atoms with Crippen molar-refractivity contribution in [3.8, 4) is 0 Å². The fourth-order valence-corrected chi connectivity index (χ4v) is 5.58. The van der Waals surface area contributed by atoms with Crippen molar-refractivity contribution in [3.05, 3.63) is 5.01 Å². The second kappa shape index (κ2) is 7.94. The third kappa shape index (κ3) is 4.27. The van der Waals surface area contributed by atoms with Crippen LogP contribution in [-0.4, -0.2) is 78.5 Å². The molecular weight excluding hydrogens is 366 g/mol. The number of ether oxygens (including phenoxy) is 1. The van der Waals surface area contributed by atoms with Crippen molar-refractivity contribution >= 4 is 32.5 Å². The maximum Gasteiger partial charge on any atom is 0.323 e. The standard InChI is InChI=1S/C14H23N5O4S2/c1-2-12-16-17-13(24-12)15-14(20)18-5-3-4-11(10-18)25(21,22)19-6-8-23-9-7-19/h11H,2-10H2,1H3,(H,15,17,20). The summed E-state index contributed by atoms with van der Waals surface area (Å²) in [4.78, 5) is 14.0. The summed E-state index contributed by atoms with van der Waals surface area (Å²) in [6.07, 6.45) is 2.00. The number of rotatable bonds is 4. The lowest BCUT2D eigenvalue weighted by atomic mass is 10.1. The predicted molar refractivity (Wildman–Crippen MR) is 94.2 cm³/mol. The summed E-state index contributed by atoms with van der Waals surface area (Å²) in [5, 5.41) is 11.4. The van der Waals surface area contributed by atoms with Gasteiger partial charge in [0.25, 0.3) is 0 Å². The highest BCUT2D eigenvalue weighted by molar-refractivity contribution is 7.89. The van der Waals surface area contributed by atoms with Crippen molar-refractivity contribution in [3.63, 3.8) is 0 Å². The molecular formula is C14H23N5O4S2. The van der Waals surface area contributed by atoms with E-state index in [1.165, 1.54) is 15.6 Å². The third-order valence-corrected chi connectivity index (χ3v) is 7.69. The first-order chi connectivity index (χ1) is 12.0. The molecule has 0 saturated carbocycles. The van der Waals surface area contributed by atoms with Crippen LogP contribution in [0.4, 0.5) is 9.93 Å². The largest absolute Gasteiger partial charge is 0.379 e. The van der Waals surface area contributed by atoms with Gasteiger partial charge in [-0.3, -0.25) is 5.32 Å². The zero-order valence-corrected chi connectivity index (χ0v) is 15.8. The van der Waals surface area contributed by atoms with Crippen LogP contribution >= 0.6 is 11.3 Å². The van der Waals surface area contributed by atoms with E-state index in [0.29, 0.717) is 50.8 Å². The quantitative estimate of drug-likeness (QED) is 0.815. The molecule has 2 fully saturated rings. The van der Waals surface area contributed by atoms with Gasteiger partial charge in [-0.1, -0.05) is 18.3 Å². The molecule has 140 valence electrons. The first-order valence-electron chi connectivity index (χ1n) is 8.45. The van der Waals surface area contributed by atoms with Gasteiger partial charge in [0.15, 0.2) is 0 Å². The van der Waals surface area contributed by atoms with Gasteiger partial charge < -0.3 is 9.64 Å². The molecule has 1 unspecified atom stereocenters. The van der Waals surface area contributed by atoms with Gasteiger partial charge in [-0.25, -0.2) is 13.2 Å². The van der Waals surface area contributed by atoms with Crippen LogP contribution in [0, 0.1) is 0 Å². The second-order valence-electron chi connectivity index (χ2n) is 6.05. The maximum absolute atomic E-state index is 12.8. The first kappa shape index (κ1) is 18.5. The molecule has 25 heavy (non-hydrogen) atoms. The number of aromatic nitrogens is 2. The molecule has 9 nitrogen and oxygen atoms in total. The highest BCUT2D eigenvalue weighted by Crippen LogP contribution is 2.23. The number of urea groups is 1. The van der Waals surface area contributed by atoms with Crippen LogP contribution < -0.4 is 5.32 Å². The smallest absolute Gasteiger partial charge is 0.323 e. The van der Waals surface area contributed by atoms with Gasteiger partial charge in [-0.2, -0.15) is 4.31 Å². The molecule has 1 aromatic rings. The van der Waals surface area contributed by atoms with Gasteiger partial charge in [0.2, 0.25) is 15.2 Å². The van der Waals surface area contributed by atoms with Crippen molar-refractivity contribution < 1.29 is 17.9 Å². The van der Waals surface area contributed by atoms with Crippen LogP contribution in [0.1, 0.15) is 24.8 Å². The molecule has 11 heteroatoms. The lowest BCUT2D eigenvalue weighted by Crippen LogP contribution is -2.52. The van der Waals surface area contributed by atoms with E-state index in [0.717, 1.165) is 11.4 Å². The van der Waals surface area contributed by atoms with Crippen LogP contribution in [0.15, 0.2) is 0 Å². The van der Waals surface area contributed by atoms with Gasteiger partial charge in [-0.05, 0) is 19.3 Å². The molecule has 2 aliphatic heterocycles. The highest BCUT2D eigenvalue weighted by Gasteiger charge is 2.37. The number of likely N-dealkylation sites (tertiary alicyclic amines) is 1. The molecule has 2 aliphatic rings. The number of amides is 2. The summed E-state index contributed by atoms with van der Waals surface area (Å²) in [6.45, 7) is 4.33. The lowest BCUT2D eigenvalue weighted by molar-refractivity contribution is 0.0721. The minimum atomic E-state index is -3.42. The van der Waals surface area contributed by atoms with Gasteiger partial charge in [0.1, 0.15) is 5.01 Å². The fourth-order valence-electron chi connectivity index (χ4n) is 3.00. The summed E-state index contributed by atoms with van der Waals surface area (Å²) >= 11 is 1.33. The monoisotopic (exact) mass is 389 g/mol. The summed E-state index contributed by atoms with van der Waals surface area (Å²) < 4.78 is 32.3. The Morgan fingerprint density at radius 3 is 2.76 bits per heavy atom. The average molecular weight is 390 g/mol. The van der Waals surface area contributed by atoms with Crippen LogP contribution in [-0.2, 0) is 21.2 Å². The van der Waals surface area contributed by atoms with Crippen molar-refractivity contribution in [1.29, 1.82) is 0 Å². The normalized spacial score (nSPS) is 22.8. The fraction of sp³-hybridized carbons (Fsp3) is 0.786. The number of nitrogens with zero attached hydrogens (tertiary/aromatic N) is 4. The van der Waals surface area contributed by atoms with Crippen LogP contribution in [0.3, 0.4) is 0 Å². The molecule has 0 aromatic carbocycles. The van der Waals surface area contributed by atoms with E-state index in [1.54, 1.807) is 4.90 Å². The van der Waals surface area contributed by atoms with Crippen LogP contribution in [0.25, 0.3) is 0 Å². The van der Waals surface area contributed by atoms with Crippen molar-refractivity contribution in [2.24, 2.45) is 0 Å². The number of aryl methyl sites for hydroxylation is 1. The molecule has 3 heterocycles. The van der Waals surface area contributed by atoms with E-state index in [4.69, 9.17) is 4.74 Å². The van der Waals surface area contributed by atoms with Gasteiger partial charge in [0.05, 0.1) is 18.5 Å². The maximum atomic E-state index is 12.8. The number of carbonyl (C=O) groups excluding carboxylic acids is 1. The lowest BCUT2D eigenvalue weighted by Gasteiger charge is -2.36. The molecule has 0 radical (unpaired) electrons. The Kier molecular flexibility index (Phi) is 5.87. The van der Waals surface area contributed by atoms with E-state index >= 15 is 0 Å². The molecule has 3 rings (SSSR count). The minimum absolute atomic E-state index is 0.199. The molecule has 1 N–H and O–H groups in total. The molecule has 2 amide bonds. The molecule has 1 atom stereocenters. The van der Waals surface area contributed by atoms with Gasteiger partial charge in [0, 0.05) is 26.2 Å². The zero-order chi connectivity index (χ0) is 17.9. The third-order valence-electron chi connectivity index (χ3n) is 4.40. The Morgan fingerprint density at radius 2 is 2.08 bits per heavy atom. The van der Waals surface area contributed by atoms with E-state index in [1.807, 2.05) is 6.92 Å². The number of morpholine rings is 1.